The predicted octanol–water partition coefficient (Wildman–Crippen LogP) is 2.80. The van der Waals surface area contributed by atoms with E-state index in [0.29, 0.717) is 12.6 Å². The van der Waals surface area contributed by atoms with E-state index < -0.39 is 0 Å². The van der Waals surface area contributed by atoms with Crippen molar-refractivity contribution in [3.8, 4) is 0 Å². The monoisotopic (exact) mass is 256 g/mol. The van der Waals surface area contributed by atoms with Crippen molar-refractivity contribution in [2.45, 2.75) is 19.9 Å². The Balaban J connectivity index is 2.16. The summed E-state index contributed by atoms with van der Waals surface area (Å²) < 4.78 is 0. The summed E-state index contributed by atoms with van der Waals surface area (Å²) in [6.07, 6.45) is 0. The molecule has 0 atom stereocenters. The van der Waals surface area contributed by atoms with Crippen molar-refractivity contribution in [2.75, 3.05) is 18.5 Å². The minimum absolute atomic E-state index is 0.0731. The van der Waals surface area contributed by atoms with E-state index in [2.05, 4.69) is 17.4 Å². The number of likely N-dealkylation sites (N-methyl/N-ethyl adjacent to an activating group) is 1. The molecule has 1 amide bonds. The van der Waals surface area contributed by atoms with Gasteiger partial charge < -0.3 is 10.2 Å². The lowest BCUT2D eigenvalue weighted by Gasteiger charge is -2.19. The van der Waals surface area contributed by atoms with Crippen LogP contribution in [-0.2, 0) is 4.79 Å². The number of hydrogen-bond donors (Lipinski definition) is 1. The molecule has 100 valence electrons. The number of carbonyl (C=O) groups is 1. The number of fused-ring (bicyclic) bond motifs is 1. The van der Waals surface area contributed by atoms with Gasteiger partial charge in [-0.2, -0.15) is 0 Å². The Morgan fingerprint density at radius 1 is 1.16 bits per heavy atom. The summed E-state index contributed by atoms with van der Waals surface area (Å²) in [5.41, 5.74) is 0.925. The fraction of sp³-hybridized carbons (Fsp3) is 0.312. The third-order valence-corrected chi connectivity index (χ3v) is 3.16. The molecule has 0 aliphatic rings. The van der Waals surface area contributed by atoms with E-state index in [1.165, 1.54) is 5.39 Å². The van der Waals surface area contributed by atoms with Gasteiger partial charge >= 0.3 is 0 Å². The predicted molar refractivity (Wildman–Crippen MR) is 80.5 cm³/mol. The lowest BCUT2D eigenvalue weighted by Crippen LogP contribution is -2.38. The zero-order chi connectivity index (χ0) is 13.8. The van der Waals surface area contributed by atoms with Crippen molar-refractivity contribution in [3.63, 3.8) is 0 Å². The molecule has 2 aromatic carbocycles. The maximum atomic E-state index is 12.0. The van der Waals surface area contributed by atoms with E-state index in [9.17, 15) is 4.79 Å². The Morgan fingerprint density at radius 2 is 1.84 bits per heavy atom. The Kier molecular flexibility index (Phi) is 4.17. The van der Waals surface area contributed by atoms with Crippen LogP contribution in [-0.4, -0.2) is 25.5 Å². The minimum atomic E-state index is 0.0731. The van der Waals surface area contributed by atoms with Gasteiger partial charge in [-0.1, -0.05) is 44.2 Å². The smallest absolute Gasteiger partial charge is 0.240 e. The first kappa shape index (κ1) is 13.6. The molecular formula is C16H20N2O. The van der Waals surface area contributed by atoms with E-state index in [0.717, 1.165) is 11.1 Å². The second kappa shape index (κ2) is 5.85. The first-order chi connectivity index (χ1) is 9.08. The van der Waals surface area contributed by atoms with Gasteiger partial charge in [0.1, 0.15) is 0 Å². The maximum absolute atomic E-state index is 12.0. The SMILES string of the molecule is CC(C)NCC(=O)N(C)c1ccc2ccccc2c1. The summed E-state index contributed by atoms with van der Waals surface area (Å²) in [6, 6.07) is 14.5. The molecule has 0 unspecified atom stereocenters. The van der Waals surface area contributed by atoms with Gasteiger partial charge in [0, 0.05) is 18.8 Å². The zero-order valence-electron chi connectivity index (χ0n) is 11.7. The molecule has 0 bridgehead atoms. The molecule has 1 N–H and O–H groups in total. The van der Waals surface area contributed by atoms with Crippen LogP contribution < -0.4 is 10.2 Å². The van der Waals surface area contributed by atoms with Gasteiger partial charge in [-0.15, -0.1) is 0 Å². The van der Waals surface area contributed by atoms with Crippen LogP contribution in [0.5, 0.6) is 0 Å². The van der Waals surface area contributed by atoms with Crippen LogP contribution in [0, 0.1) is 0 Å². The summed E-state index contributed by atoms with van der Waals surface area (Å²) in [4.78, 5) is 13.7. The summed E-state index contributed by atoms with van der Waals surface area (Å²) in [5, 5.41) is 5.48. The second-order valence-corrected chi connectivity index (χ2v) is 5.02. The van der Waals surface area contributed by atoms with Gasteiger partial charge in [0.15, 0.2) is 0 Å². The Bertz CT molecular complexity index is 578. The highest BCUT2D eigenvalue weighted by Crippen LogP contribution is 2.21. The third-order valence-electron chi connectivity index (χ3n) is 3.16. The molecule has 0 saturated heterocycles. The molecule has 0 heterocycles. The molecule has 0 aliphatic carbocycles. The van der Waals surface area contributed by atoms with Gasteiger partial charge in [-0.25, -0.2) is 0 Å². The lowest BCUT2D eigenvalue weighted by molar-refractivity contribution is -0.117. The summed E-state index contributed by atoms with van der Waals surface area (Å²) in [5.74, 6) is 0.0731. The Labute approximate surface area is 114 Å². The van der Waals surface area contributed by atoms with Crippen LogP contribution in [0.4, 0.5) is 5.69 Å². The quantitative estimate of drug-likeness (QED) is 0.912. The molecule has 0 saturated carbocycles. The van der Waals surface area contributed by atoms with Gasteiger partial charge in [0.25, 0.3) is 0 Å². The third kappa shape index (κ3) is 3.32. The number of rotatable bonds is 4. The molecule has 0 fully saturated rings. The second-order valence-electron chi connectivity index (χ2n) is 5.02. The van der Waals surface area contributed by atoms with Crippen molar-refractivity contribution in [1.82, 2.24) is 5.32 Å². The molecule has 0 aliphatic heterocycles. The molecule has 0 aromatic heterocycles. The number of amides is 1. The van der Waals surface area contributed by atoms with Crippen LogP contribution in [0.3, 0.4) is 0 Å². The molecule has 19 heavy (non-hydrogen) atoms. The number of carbonyl (C=O) groups excluding carboxylic acids is 1. The molecule has 2 aromatic rings. The molecule has 0 radical (unpaired) electrons. The highest BCUT2D eigenvalue weighted by Gasteiger charge is 2.11. The largest absolute Gasteiger partial charge is 0.314 e. The zero-order valence-corrected chi connectivity index (χ0v) is 11.7. The normalized spacial score (nSPS) is 10.9. The summed E-state index contributed by atoms with van der Waals surface area (Å²) >= 11 is 0. The van der Waals surface area contributed by atoms with Crippen molar-refractivity contribution in [2.24, 2.45) is 0 Å². The topological polar surface area (TPSA) is 32.3 Å². The van der Waals surface area contributed by atoms with Crippen molar-refractivity contribution < 1.29 is 4.79 Å². The van der Waals surface area contributed by atoms with Crippen LogP contribution >= 0.6 is 0 Å². The van der Waals surface area contributed by atoms with Gasteiger partial charge in [-0.05, 0) is 22.9 Å². The first-order valence-corrected chi connectivity index (χ1v) is 6.56. The Hall–Kier alpha value is -1.87. The van der Waals surface area contributed by atoms with E-state index in [1.54, 1.807) is 4.90 Å². The highest BCUT2D eigenvalue weighted by molar-refractivity contribution is 5.97. The van der Waals surface area contributed by atoms with Gasteiger partial charge in [-0.3, -0.25) is 4.79 Å². The fourth-order valence-electron chi connectivity index (χ4n) is 1.94. The average molecular weight is 256 g/mol. The van der Waals surface area contributed by atoms with E-state index >= 15 is 0 Å². The number of nitrogens with one attached hydrogen (secondary N) is 1. The minimum Gasteiger partial charge on any atom is -0.314 e. The summed E-state index contributed by atoms with van der Waals surface area (Å²) in [6.45, 7) is 4.42. The van der Waals surface area contributed by atoms with E-state index in [4.69, 9.17) is 0 Å². The molecule has 3 nitrogen and oxygen atoms in total. The number of benzene rings is 2. The lowest BCUT2D eigenvalue weighted by atomic mass is 10.1. The molecule has 0 spiro atoms. The van der Waals surface area contributed by atoms with E-state index in [-0.39, 0.29) is 5.91 Å². The highest BCUT2D eigenvalue weighted by atomic mass is 16.2. The maximum Gasteiger partial charge on any atom is 0.240 e. The molecular weight excluding hydrogens is 236 g/mol. The standard InChI is InChI=1S/C16H20N2O/c1-12(2)17-11-16(19)18(3)15-9-8-13-6-4-5-7-14(13)10-15/h4-10,12,17H,11H2,1-3H3. The fourth-order valence-corrected chi connectivity index (χ4v) is 1.94. The molecule has 2 rings (SSSR count). The number of nitrogens with zero attached hydrogens (tertiary/aromatic N) is 1. The summed E-state index contributed by atoms with van der Waals surface area (Å²) in [7, 11) is 1.81. The van der Waals surface area contributed by atoms with Gasteiger partial charge in [0.2, 0.25) is 5.91 Å². The van der Waals surface area contributed by atoms with Gasteiger partial charge in [0.05, 0.1) is 6.54 Å². The number of hydrogen-bond acceptors (Lipinski definition) is 2. The van der Waals surface area contributed by atoms with Crippen LogP contribution in [0.25, 0.3) is 10.8 Å². The van der Waals surface area contributed by atoms with Crippen molar-refractivity contribution >= 4 is 22.4 Å². The van der Waals surface area contributed by atoms with Crippen LogP contribution in [0.1, 0.15) is 13.8 Å². The van der Waals surface area contributed by atoms with Crippen molar-refractivity contribution in [3.05, 3.63) is 42.5 Å². The van der Waals surface area contributed by atoms with Crippen molar-refractivity contribution in [1.29, 1.82) is 0 Å². The first-order valence-electron chi connectivity index (χ1n) is 6.56. The average Bonchev–Trinajstić information content (AvgIpc) is 2.43. The number of anilines is 1. The van der Waals surface area contributed by atoms with E-state index in [1.807, 2.05) is 51.2 Å². The molecule has 3 heteroatoms. The van der Waals surface area contributed by atoms with Crippen LogP contribution in [0.2, 0.25) is 0 Å². The Morgan fingerprint density at radius 3 is 2.53 bits per heavy atom. The van der Waals surface area contributed by atoms with Crippen LogP contribution in [0.15, 0.2) is 42.5 Å².